The van der Waals surface area contributed by atoms with E-state index in [2.05, 4.69) is 59.9 Å². The van der Waals surface area contributed by atoms with Crippen molar-refractivity contribution in [2.24, 2.45) is 14.1 Å². The number of hydrogen-bond donors (Lipinski definition) is 4. The van der Waals surface area contributed by atoms with Crippen molar-refractivity contribution < 1.29 is 33.1 Å². The van der Waals surface area contributed by atoms with E-state index in [1.165, 1.54) is 0 Å². The number of nitrogens with one attached hydrogen (secondary N) is 4. The molecule has 0 bridgehead atoms. The first kappa shape index (κ1) is 52.6. The smallest absolute Gasteiger partial charge is 0.270 e. The fourth-order valence-corrected chi connectivity index (χ4v) is 9.76. The van der Waals surface area contributed by atoms with Crippen LogP contribution >= 0.6 is 22.6 Å². The van der Waals surface area contributed by atoms with Crippen LogP contribution in [0.5, 0.6) is 23.0 Å². The highest BCUT2D eigenvalue weighted by molar-refractivity contribution is 14.1. The van der Waals surface area contributed by atoms with E-state index in [1.54, 1.807) is 49.2 Å². The zero-order valence-electron chi connectivity index (χ0n) is 43.1. The van der Waals surface area contributed by atoms with Gasteiger partial charge in [-0.05, 0) is 127 Å². The summed E-state index contributed by atoms with van der Waals surface area (Å²) >= 11 is 2.28. The minimum absolute atomic E-state index is 0.190. The number of imidazole rings is 2. The zero-order valence-corrected chi connectivity index (χ0v) is 45.2. The second-order valence-corrected chi connectivity index (χ2v) is 20.0. The number of halogens is 1. The first-order valence-electron chi connectivity index (χ1n) is 25.7. The molecular weight excluding hydrogens is 1100 g/mol. The number of carbonyl (C=O) groups is 4. The van der Waals surface area contributed by atoms with Gasteiger partial charge in [0, 0.05) is 123 Å². The number of benzene rings is 4. The lowest BCUT2D eigenvalue weighted by atomic mass is 10.1. The van der Waals surface area contributed by atoms with E-state index in [0.29, 0.717) is 80.8 Å². The van der Waals surface area contributed by atoms with Gasteiger partial charge in [-0.2, -0.15) is 0 Å². The number of rotatable bonds is 19. The molecule has 0 atom stereocenters. The van der Waals surface area contributed by atoms with Gasteiger partial charge in [-0.25, -0.2) is 9.97 Å². The molecule has 19 nitrogen and oxygen atoms in total. The van der Waals surface area contributed by atoms with Gasteiger partial charge in [0.2, 0.25) is 23.7 Å². The number of fused-ring (bicyclic) bond motifs is 2. The molecule has 398 valence electrons. The van der Waals surface area contributed by atoms with Crippen LogP contribution in [-0.2, 0) is 23.7 Å². The molecular formula is C58H57IN12O7. The molecule has 78 heavy (non-hydrogen) atoms. The van der Waals surface area contributed by atoms with E-state index in [9.17, 15) is 19.2 Å². The summed E-state index contributed by atoms with van der Waals surface area (Å²) in [6.45, 7) is 3.87. The molecule has 0 saturated carbocycles. The Morgan fingerprint density at radius 3 is 1.60 bits per heavy atom. The van der Waals surface area contributed by atoms with Gasteiger partial charge in [0.1, 0.15) is 34.4 Å². The Hall–Kier alpha value is -8.79. The zero-order chi connectivity index (χ0) is 54.0. The average molecular weight is 1160 g/mol. The van der Waals surface area contributed by atoms with Crippen molar-refractivity contribution in [3.63, 3.8) is 0 Å². The number of amides is 4. The number of likely N-dealkylation sites (tertiary alicyclic amines) is 2. The third-order valence-electron chi connectivity index (χ3n) is 13.3. The molecule has 2 fully saturated rings. The van der Waals surface area contributed by atoms with Gasteiger partial charge in [-0.3, -0.25) is 29.1 Å². The Bertz CT molecular complexity index is 3620. The van der Waals surface area contributed by atoms with Crippen LogP contribution in [0.25, 0.3) is 33.2 Å². The number of hydrogen-bond acceptors (Lipinski definition) is 13. The van der Waals surface area contributed by atoms with Crippen molar-refractivity contribution in [3.05, 3.63) is 155 Å². The van der Waals surface area contributed by atoms with E-state index >= 15 is 0 Å². The van der Waals surface area contributed by atoms with Crippen LogP contribution in [-0.4, -0.2) is 102 Å². The summed E-state index contributed by atoms with van der Waals surface area (Å²) in [7, 11) is 3.91. The van der Waals surface area contributed by atoms with Crippen molar-refractivity contribution in [1.29, 1.82) is 0 Å². The van der Waals surface area contributed by atoms with E-state index in [4.69, 9.17) is 23.9 Å². The molecule has 7 heterocycles. The predicted octanol–water partition coefficient (Wildman–Crippen LogP) is 10.4. The lowest BCUT2D eigenvalue weighted by Gasteiger charge is -2.15. The summed E-state index contributed by atoms with van der Waals surface area (Å²) in [5, 5.41) is 12.5. The van der Waals surface area contributed by atoms with Gasteiger partial charge >= 0.3 is 0 Å². The Balaban J connectivity index is 0.000000177. The van der Waals surface area contributed by atoms with Crippen molar-refractivity contribution in [2.45, 2.75) is 38.5 Å². The summed E-state index contributed by atoms with van der Waals surface area (Å²) in [5.74, 6) is 3.46. The van der Waals surface area contributed by atoms with Crippen molar-refractivity contribution >= 4 is 91.6 Å². The number of aryl methyl sites for hydroxylation is 2. The van der Waals surface area contributed by atoms with Gasteiger partial charge in [-0.1, -0.05) is 18.2 Å². The third-order valence-corrected chi connectivity index (χ3v) is 14.0. The summed E-state index contributed by atoms with van der Waals surface area (Å²) < 4.78 is 22.4. The largest absolute Gasteiger partial charge is 0.472 e. The normalized spacial score (nSPS) is 13.2. The van der Waals surface area contributed by atoms with Crippen LogP contribution in [0.2, 0.25) is 0 Å². The topological polar surface area (TPSA) is 216 Å². The van der Waals surface area contributed by atoms with Gasteiger partial charge in [0.05, 0.1) is 34.6 Å². The molecule has 9 aromatic rings. The lowest BCUT2D eigenvalue weighted by Crippen LogP contribution is -2.30. The van der Waals surface area contributed by atoms with Crippen LogP contribution in [0, 0.1) is 3.57 Å². The Labute approximate surface area is 463 Å². The second-order valence-electron chi connectivity index (χ2n) is 18.8. The number of anilines is 4. The Morgan fingerprint density at radius 1 is 0.603 bits per heavy atom. The molecule has 0 unspecified atom stereocenters. The van der Waals surface area contributed by atoms with Crippen LogP contribution in [0.4, 0.5) is 23.3 Å². The Morgan fingerprint density at radius 2 is 1.12 bits per heavy atom. The van der Waals surface area contributed by atoms with E-state index < -0.39 is 0 Å². The van der Waals surface area contributed by atoms with Crippen LogP contribution in [0.1, 0.15) is 59.5 Å². The lowest BCUT2D eigenvalue weighted by molar-refractivity contribution is -0.128. The van der Waals surface area contributed by atoms with Gasteiger partial charge in [0.25, 0.3) is 11.8 Å². The molecule has 0 aliphatic carbocycles. The maximum atomic E-state index is 12.6. The number of nitrogens with zero attached hydrogens (tertiary/aromatic N) is 8. The van der Waals surface area contributed by atoms with E-state index in [-0.39, 0.29) is 35.0 Å². The number of furan rings is 1. The van der Waals surface area contributed by atoms with E-state index in [0.717, 1.165) is 80.0 Å². The number of aromatic nitrogens is 6. The molecule has 2 saturated heterocycles. The molecule has 2 aliphatic heterocycles. The van der Waals surface area contributed by atoms with Gasteiger partial charge in [0.15, 0.2) is 0 Å². The van der Waals surface area contributed by atoms with Gasteiger partial charge < -0.3 is 54.1 Å². The fraction of sp³-hybridized carbons (Fsp3) is 0.241. The first-order valence-corrected chi connectivity index (χ1v) is 26.8. The highest BCUT2D eigenvalue weighted by Crippen LogP contribution is 2.31. The summed E-state index contributed by atoms with van der Waals surface area (Å²) in [6.07, 6.45) is 11.0. The van der Waals surface area contributed by atoms with Crippen molar-refractivity contribution in [2.75, 3.05) is 49.9 Å². The highest BCUT2D eigenvalue weighted by Gasteiger charge is 2.21. The molecule has 11 rings (SSSR count). The quantitative estimate of drug-likeness (QED) is 0.0438. The summed E-state index contributed by atoms with van der Waals surface area (Å²) in [4.78, 5) is 70.2. The highest BCUT2D eigenvalue weighted by atomic mass is 127. The number of ether oxygens (including phenoxy) is 2. The maximum Gasteiger partial charge on any atom is 0.270 e. The van der Waals surface area contributed by atoms with Crippen molar-refractivity contribution in [1.82, 2.24) is 49.5 Å². The standard InChI is InChI=1S/C31H30N6O4.C27H27IN6O3/c1-36-28-9-8-24(18-26(28)35-31(36)34-23-6-2-5-21(17-23)22-11-16-40-20-22)41-25-10-13-32-27(19-25)30(39)33-12-4-15-37-14-3-7-29(37)38;1-33-24-9-8-20(16-22(24)32-27(33)31-19-6-2-5-18(28)15-19)37-21-10-12-29-23(17-21)26(36)30-11-4-14-34-13-3-7-25(34)35/h2,5-6,8-11,13,16-20H,3-4,7,12,14-15H2,1H3,(H,33,39)(H,34,35);2,5-6,8-10,12,15-17H,3-4,7,11,13-14H2,1H3,(H,30,36)(H,31,32). The first-order chi connectivity index (χ1) is 38.0. The fourth-order valence-electron chi connectivity index (χ4n) is 9.21. The SMILES string of the molecule is Cn1c(Nc2cccc(-c3ccoc3)c2)nc2cc(Oc3ccnc(C(=O)NCCCN4CCCC4=O)c3)ccc21.Cn1c(Nc2cccc(I)c2)nc2cc(Oc3ccnc(C(=O)NCCCN4CCCC4=O)c3)ccc21. The number of pyridine rings is 2. The minimum Gasteiger partial charge on any atom is -0.472 e. The molecule has 2 aliphatic rings. The molecule has 4 aromatic carbocycles. The molecule has 0 radical (unpaired) electrons. The maximum absolute atomic E-state index is 12.6. The molecule has 5 aromatic heterocycles. The van der Waals surface area contributed by atoms with Crippen LogP contribution < -0.4 is 30.7 Å². The second kappa shape index (κ2) is 24.5. The minimum atomic E-state index is -0.282. The molecule has 4 N–H and O–H groups in total. The van der Waals surface area contributed by atoms with Gasteiger partial charge in [-0.15, -0.1) is 0 Å². The number of carbonyl (C=O) groups excluding carboxylic acids is 4. The monoisotopic (exact) mass is 1160 g/mol. The van der Waals surface area contributed by atoms with Crippen LogP contribution in [0.3, 0.4) is 0 Å². The summed E-state index contributed by atoms with van der Waals surface area (Å²) in [6, 6.07) is 36.1. The summed E-state index contributed by atoms with van der Waals surface area (Å²) in [5.41, 5.74) is 7.93. The van der Waals surface area contributed by atoms with Crippen LogP contribution in [0.15, 0.2) is 145 Å². The molecule has 4 amide bonds. The third kappa shape index (κ3) is 13.1. The van der Waals surface area contributed by atoms with E-state index in [1.807, 2.05) is 118 Å². The Kier molecular flexibility index (Phi) is 16.5. The average Bonchev–Trinajstić information content (AvgIpc) is 4.38. The predicted molar refractivity (Wildman–Crippen MR) is 305 cm³/mol. The van der Waals surface area contributed by atoms with Crippen molar-refractivity contribution in [3.8, 4) is 34.1 Å². The molecule has 20 heteroatoms. The molecule has 0 spiro atoms.